The molecule has 2 bridgehead atoms. The van der Waals surface area contributed by atoms with Crippen molar-refractivity contribution in [3.05, 3.63) is 69.6 Å². The molecule has 1 fully saturated rings. The summed E-state index contributed by atoms with van der Waals surface area (Å²) in [5.41, 5.74) is 1.48. The Balaban J connectivity index is 1.51. The van der Waals surface area contributed by atoms with Gasteiger partial charge in [-0.3, -0.25) is 9.59 Å². The molecule has 0 unspecified atom stereocenters. The summed E-state index contributed by atoms with van der Waals surface area (Å²) < 4.78 is 1.91. The van der Waals surface area contributed by atoms with Crippen LogP contribution in [0.4, 0.5) is 11.4 Å². The van der Waals surface area contributed by atoms with Crippen LogP contribution >= 0.6 is 31.9 Å². The number of benzene rings is 2. The average molecular weight is 490 g/mol. The number of hydrogen-bond donors (Lipinski definition) is 2. The first-order valence-corrected chi connectivity index (χ1v) is 10.4. The van der Waals surface area contributed by atoms with Crippen molar-refractivity contribution >= 4 is 55.0 Å². The van der Waals surface area contributed by atoms with Gasteiger partial charge in [0, 0.05) is 20.3 Å². The van der Waals surface area contributed by atoms with Gasteiger partial charge in [0.2, 0.25) is 11.8 Å². The van der Waals surface area contributed by atoms with Crippen molar-refractivity contribution in [1.82, 2.24) is 0 Å². The Morgan fingerprint density at radius 1 is 0.704 bits per heavy atom. The molecule has 4 rings (SSSR count). The van der Waals surface area contributed by atoms with Gasteiger partial charge in [-0.15, -0.1) is 0 Å². The predicted molar refractivity (Wildman–Crippen MR) is 113 cm³/mol. The molecule has 0 saturated heterocycles. The summed E-state index contributed by atoms with van der Waals surface area (Å²) in [6, 6.07) is 14.9. The van der Waals surface area contributed by atoms with Crippen LogP contribution in [0.15, 0.2) is 69.6 Å². The number of halogens is 2. The summed E-state index contributed by atoms with van der Waals surface area (Å²) >= 11 is 6.78. The van der Waals surface area contributed by atoms with E-state index in [9.17, 15) is 9.59 Å². The minimum absolute atomic E-state index is 0.0925. The molecule has 4 atom stereocenters. The Hall–Kier alpha value is -1.92. The van der Waals surface area contributed by atoms with Gasteiger partial charge in [0.05, 0.1) is 11.8 Å². The minimum Gasteiger partial charge on any atom is -0.326 e. The molecule has 0 radical (unpaired) electrons. The van der Waals surface area contributed by atoms with Gasteiger partial charge in [0.15, 0.2) is 0 Å². The van der Waals surface area contributed by atoms with Crippen LogP contribution in [0, 0.1) is 23.7 Å². The maximum atomic E-state index is 13.0. The van der Waals surface area contributed by atoms with Crippen molar-refractivity contribution < 1.29 is 9.59 Å². The van der Waals surface area contributed by atoms with Gasteiger partial charge in [-0.25, -0.2) is 0 Å². The van der Waals surface area contributed by atoms with E-state index in [4.69, 9.17) is 0 Å². The van der Waals surface area contributed by atoms with E-state index in [-0.39, 0.29) is 35.5 Å². The maximum absolute atomic E-state index is 13.0. The number of hydrogen-bond acceptors (Lipinski definition) is 2. The molecular weight excluding hydrogens is 472 g/mol. The van der Waals surface area contributed by atoms with Crippen LogP contribution in [0.25, 0.3) is 0 Å². The molecule has 2 amide bonds. The molecule has 2 aromatic rings. The molecule has 27 heavy (non-hydrogen) atoms. The van der Waals surface area contributed by atoms with Gasteiger partial charge in [-0.2, -0.15) is 0 Å². The highest BCUT2D eigenvalue weighted by Gasteiger charge is 2.51. The standard InChI is InChI=1S/C21H18Br2N2O2/c22-14-3-7-16(8-4-14)24-20(26)18-12-1-2-13(11-12)19(18)21(27)25-17-9-5-15(23)6-10-17/h1-10,12-13,18-19H,11H2,(H,24,26)(H,25,27)/t12-,13-,18+,19+/m0/s1. The highest BCUT2D eigenvalue weighted by Crippen LogP contribution is 2.48. The van der Waals surface area contributed by atoms with E-state index in [0.29, 0.717) is 0 Å². The summed E-state index contributed by atoms with van der Waals surface area (Å²) in [5.74, 6) is -0.648. The van der Waals surface area contributed by atoms with E-state index in [0.717, 1.165) is 26.7 Å². The Morgan fingerprint density at radius 3 is 1.44 bits per heavy atom. The first-order chi connectivity index (χ1) is 13.0. The first kappa shape index (κ1) is 18.4. The van der Waals surface area contributed by atoms with Crippen molar-refractivity contribution in [1.29, 1.82) is 0 Å². The normalized spacial score (nSPS) is 25.4. The van der Waals surface area contributed by atoms with Crippen LogP contribution in [-0.4, -0.2) is 11.8 Å². The summed E-state index contributed by atoms with van der Waals surface area (Å²) in [6.07, 6.45) is 5.02. The number of fused-ring (bicyclic) bond motifs is 2. The number of carbonyl (C=O) groups excluding carboxylic acids is 2. The Bertz CT molecular complexity index is 820. The molecule has 2 aliphatic carbocycles. The van der Waals surface area contributed by atoms with Gasteiger partial charge in [-0.1, -0.05) is 44.0 Å². The zero-order chi connectivity index (χ0) is 19.0. The number of amides is 2. The van der Waals surface area contributed by atoms with E-state index >= 15 is 0 Å². The van der Waals surface area contributed by atoms with Crippen LogP contribution in [0.5, 0.6) is 0 Å². The lowest BCUT2D eigenvalue weighted by molar-refractivity contribution is -0.129. The molecular formula is C21H18Br2N2O2. The highest BCUT2D eigenvalue weighted by atomic mass is 79.9. The quantitative estimate of drug-likeness (QED) is 0.578. The van der Waals surface area contributed by atoms with Crippen LogP contribution in [0.2, 0.25) is 0 Å². The summed E-state index contributed by atoms with van der Waals surface area (Å²) in [6.45, 7) is 0. The lowest BCUT2D eigenvalue weighted by Gasteiger charge is -2.26. The number of rotatable bonds is 4. The lowest BCUT2D eigenvalue weighted by atomic mass is 9.81. The molecule has 0 aromatic heterocycles. The number of nitrogens with one attached hydrogen (secondary N) is 2. The molecule has 0 heterocycles. The largest absolute Gasteiger partial charge is 0.326 e. The van der Waals surface area contributed by atoms with Gasteiger partial charge < -0.3 is 10.6 Å². The topological polar surface area (TPSA) is 58.2 Å². The molecule has 138 valence electrons. The maximum Gasteiger partial charge on any atom is 0.228 e. The smallest absolute Gasteiger partial charge is 0.228 e. The molecule has 0 spiro atoms. The Labute approximate surface area is 174 Å². The molecule has 1 saturated carbocycles. The molecule has 2 N–H and O–H groups in total. The van der Waals surface area contributed by atoms with Crippen LogP contribution in [-0.2, 0) is 9.59 Å². The van der Waals surface area contributed by atoms with Crippen molar-refractivity contribution in [3.8, 4) is 0 Å². The third-order valence-corrected chi connectivity index (χ3v) is 6.35. The van der Waals surface area contributed by atoms with Gasteiger partial charge in [0.25, 0.3) is 0 Å². The fourth-order valence-electron chi connectivity index (χ4n) is 4.05. The monoisotopic (exact) mass is 488 g/mol. The molecule has 6 heteroatoms. The third kappa shape index (κ3) is 3.87. The Kier molecular flexibility index (Phi) is 5.19. The number of anilines is 2. The summed E-state index contributed by atoms with van der Waals surface area (Å²) in [7, 11) is 0. The van der Waals surface area contributed by atoms with Crippen molar-refractivity contribution in [2.45, 2.75) is 6.42 Å². The molecule has 4 nitrogen and oxygen atoms in total. The number of carbonyl (C=O) groups is 2. The predicted octanol–water partition coefficient (Wildman–Crippen LogP) is 5.23. The van der Waals surface area contributed by atoms with Crippen molar-refractivity contribution in [3.63, 3.8) is 0 Å². The SMILES string of the molecule is O=C(Nc1ccc(Br)cc1)[C@H]1[C@H](C(=O)Nc2ccc(Br)cc2)[C@H]2C=C[C@H]1C2. The van der Waals surface area contributed by atoms with E-state index in [2.05, 4.69) is 54.6 Å². The van der Waals surface area contributed by atoms with Gasteiger partial charge in [0.1, 0.15) is 0 Å². The van der Waals surface area contributed by atoms with Gasteiger partial charge in [-0.05, 0) is 66.8 Å². The lowest BCUT2D eigenvalue weighted by Crippen LogP contribution is -2.39. The zero-order valence-electron chi connectivity index (χ0n) is 14.4. The van der Waals surface area contributed by atoms with Crippen molar-refractivity contribution in [2.24, 2.45) is 23.7 Å². The van der Waals surface area contributed by atoms with Crippen LogP contribution in [0.1, 0.15) is 6.42 Å². The summed E-state index contributed by atoms with van der Waals surface area (Å²) in [5, 5.41) is 5.94. The van der Waals surface area contributed by atoms with E-state index in [1.807, 2.05) is 48.5 Å². The van der Waals surface area contributed by atoms with E-state index in [1.165, 1.54) is 0 Å². The molecule has 0 aliphatic heterocycles. The second-order valence-electron chi connectivity index (χ2n) is 6.99. The van der Waals surface area contributed by atoms with Crippen LogP contribution < -0.4 is 10.6 Å². The first-order valence-electron chi connectivity index (χ1n) is 8.82. The minimum atomic E-state index is -0.348. The van der Waals surface area contributed by atoms with E-state index in [1.54, 1.807) is 0 Å². The summed E-state index contributed by atoms with van der Waals surface area (Å²) in [4.78, 5) is 25.9. The fourth-order valence-corrected chi connectivity index (χ4v) is 4.58. The average Bonchev–Trinajstić information content (AvgIpc) is 3.27. The molecule has 2 aliphatic rings. The highest BCUT2D eigenvalue weighted by molar-refractivity contribution is 9.10. The third-order valence-electron chi connectivity index (χ3n) is 5.29. The van der Waals surface area contributed by atoms with E-state index < -0.39 is 0 Å². The van der Waals surface area contributed by atoms with Crippen LogP contribution in [0.3, 0.4) is 0 Å². The molecule has 2 aromatic carbocycles. The second-order valence-corrected chi connectivity index (χ2v) is 8.82. The van der Waals surface area contributed by atoms with Gasteiger partial charge >= 0.3 is 0 Å². The van der Waals surface area contributed by atoms with Crippen molar-refractivity contribution in [2.75, 3.05) is 10.6 Å². The fraction of sp³-hybridized carbons (Fsp3) is 0.238. The Morgan fingerprint density at radius 2 is 1.07 bits per heavy atom. The number of allylic oxidation sites excluding steroid dienone is 2. The second kappa shape index (κ2) is 7.60. The zero-order valence-corrected chi connectivity index (χ0v) is 17.5.